The summed E-state index contributed by atoms with van der Waals surface area (Å²) in [6.45, 7) is 1.90. The first-order valence-electron chi connectivity index (χ1n) is 7.50. The minimum atomic E-state index is -0.346. The van der Waals surface area contributed by atoms with Gasteiger partial charge in [-0.3, -0.25) is 14.9 Å². The molecule has 2 aliphatic rings. The lowest BCUT2D eigenvalue weighted by Gasteiger charge is -2.23. The van der Waals surface area contributed by atoms with Gasteiger partial charge in [0, 0.05) is 36.1 Å². The van der Waals surface area contributed by atoms with E-state index in [0.717, 1.165) is 42.5 Å². The lowest BCUT2D eigenvalue weighted by atomic mass is 10.1. The smallest absolute Gasteiger partial charge is 0.290 e. The first kappa shape index (κ1) is 15.9. The number of amides is 2. The third-order valence-corrected chi connectivity index (χ3v) is 5.03. The molecule has 3 rings (SSSR count). The summed E-state index contributed by atoms with van der Waals surface area (Å²) in [6.07, 6.45) is 2.85. The molecule has 0 aromatic heterocycles. The van der Waals surface area contributed by atoms with Gasteiger partial charge in [0.2, 0.25) is 0 Å². The molecule has 2 saturated heterocycles. The molecule has 0 saturated carbocycles. The number of thioether (sulfide) groups is 1. The number of anilines is 2. The van der Waals surface area contributed by atoms with Gasteiger partial charge in [0.25, 0.3) is 11.1 Å². The fraction of sp³-hybridized carbons (Fsp3) is 0.375. The van der Waals surface area contributed by atoms with E-state index in [4.69, 9.17) is 5.73 Å². The molecule has 0 radical (unpaired) electrons. The number of nitrogens with one attached hydrogen (secondary N) is 1. The first-order chi connectivity index (χ1) is 10.9. The van der Waals surface area contributed by atoms with E-state index in [1.54, 1.807) is 6.08 Å². The molecule has 1 atom stereocenters. The molecular formula is C16H20N4O2S. The Hall–Kier alpha value is -1.99. The SMILES string of the molecule is CN(C)C1CCN(c2ccc(N)cc2/C=C2/SC(=O)NC2=O)C1. The standard InChI is InChI=1S/C16H20N4O2S/c1-19(2)12-5-6-20(9-12)13-4-3-11(17)7-10(13)8-14-15(21)18-16(22)23-14/h3-4,7-8,12H,5-6,9,17H2,1-2H3,(H,18,21,22)/b14-8+. The number of rotatable bonds is 3. The maximum atomic E-state index is 11.8. The summed E-state index contributed by atoms with van der Waals surface area (Å²) in [6, 6.07) is 6.22. The van der Waals surface area contributed by atoms with Gasteiger partial charge < -0.3 is 15.5 Å². The molecule has 2 aliphatic heterocycles. The number of hydrogen-bond acceptors (Lipinski definition) is 6. The molecule has 2 fully saturated rings. The third kappa shape index (κ3) is 3.35. The highest BCUT2D eigenvalue weighted by molar-refractivity contribution is 8.18. The van der Waals surface area contributed by atoms with Gasteiger partial charge in [-0.25, -0.2) is 0 Å². The molecule has 7 heteroatoms. The molecule has 0 bridgehead atoms. The Bertz CT molecular complexity index is 687. The van der Waals surface area contributed by atoms with Crippen LogP contribution in [0.2, 0.25) is 0 Å². The zero-order valence-electron chi connectivity index (χ0n) is 13.2. The maximum Gasteiger partial charge on any atom is 0.290 e. The van der Waals surface area contributed by atoms with Gasteiger partial charge in [0.15, 0.2) is 0 Å². The highest BCUT2D eigenvalue weighted by atomic mass is 32.2. The molecule has 2 amide bonds. The Morgan fingerprint density at radius 1 is 1.39 bits per heavy atom. The van der Waals surface area contributed by atoms with Crippen molar-refractivity contribution in [2.24, 2.45) is 0 Å². The average Bonchev–Trinajstić information content (AvgIpc) is 3.07. The first-order valence-corrected chi connectivity index (χ1v) is 8.31. The molecule has 0 aliphatic carbocycles. The van der Waals surface area contributed by atoms with Crippen LogP contribution in [0.3, 0.4) is 0 Å². The van der Waals surface area contributed by atoms with Crippen molar-refractivity contribution in [3.05, 3.63) is 28.7 Å². The van der Waals surface area contributed by atoms with Crippen LogP contribution in [0.1, 0.15) is 12.0 Å². The van der Waals surface area contributed by atoms with E-state index in [0.29, 0.717) is 16.6 Å². The van der Waals surface area contributed by atoms with E-state index in [1.165, 1.54) is 0 Å². The van der Waals surface area contributed by atoms with Crippen LogP contribution in [0, 0.1) is 0 Å². The van der Waals surface area contributed by atoms with Gasteiger partial charge in [-0.15, -0.1) is 0 Å². The minimum absolute atomic E-state index is 0.333. The van der Waals surface area contributed by atoms with Gasteiger partial charge in [-0.2, -0.15) is 0 Å². The van der Waals surface area contributed by atoms with Gasteiger partial charge in [-0.1, -0.05) is 0 Å². The van der Waals surface area contributed by atoms with Gasteiger partial charge in [0.1, 0.15) is 0 Å². The third-order valence-electron chi connectivity index (χ3n) is 4.21. The fourth-order valence-electron chi connectivity index (χ4n) is 2.92. The summed E-state index contributed by atoms with van der Waals surface area (Å²) < 4.78 is 0. The van der Waals surface area contributed by atoms with Crippen LogP contribution in [-0.4, -0.2) is 49.3 Å². The number of carbonyl (C=O) groups excluding carboxylic acids is 2. The minimum Gasteiger partial charge on any atom is -0.399 e. The maximum absolute atomic E-state index is 11.8. The van der Waals surface area contributed by atoms with E-state index in [9.17, 15) is 9.59 Å². The second kappa shape index (κ2) is 6.25. The van der Waals surface area contributed by atoms with Crippen LogP contribution in [0.5, 0.6) is 0 Å². The fourth-order valence-corrected chi connectivity index (χ4v) is 3.59. The normalized spacial score (nSPS) is 23.2. The Labute approximate surface area is 139 Å². The van der Waals surface area contributed by atoms with Gasteiger partial charge in [0.05, 0.1) is 4.91 Å². The molecule has 122 valence electrons. The van der Waals surface area contributed by atoms with E-state index < -0.39 is 0 Å². The van der Waals surface area contributed by atoms with E-state index in [2.05, 4.69) is 29.2 Å². The molecule has 3 N–H and O–H groups in total. The van der Waals surface area contributed by atoms with Crippen LogP contribution in [0.4, 0.5) is 16.2 Å². The second-order valence-corrected chi connectivity index (χ2v) is 7.04. The number of likely N-dealkylation sites (N-methyl/N-ethyl adjacent to an activating group) is 1. The predicted molar refractivity (Wildman–Crippen MR) is 94.3 cm³/mol. The number of hydrogen-bond donors (Lipinski definition) is 2. The lowest BCUT2D eigenvalue weighted by Crippen LogP contribution is -2.31. The Morgan fingerprint density at radius 2 is 2.17 bits per heavy atom. The van der Waals surface area contributed by atoms with Crippen molar-refractivity contribution in [3.8, 4) is 0 Å². The number of nitrogens with two attached hydrogens (primary N) is 1. The topological polar surface area (TPSA) is 78.7 Å². The molecule has 1 unspecified atom stereocenters. The Morgan fingerprint density at radius 3 is 2.78 bits per heavy atom. The Kier molecular flexibility index (Phi) is 4.32. The zero-order chi connectivity index (χ0) is 16.6. The summed E-state index contributed by atoms with van der Waals surface area (Å²) in [5.74, 6) is -0.346. The van der Waals surface area contributed by atoms with Crippen LogP contribution in [-0.2, 0) is 4.79 Å². The summed E-state index contributed by atoms with van der Waals surface area (Å²) in [4.78, 5) is 28.0. The summed E-state index contributed by atoms with van der Waals surface area (Å²) in [7, 11) is 4.18. The molecule has 6 nitrogen and oxygen atoms in total. The van der Waals surface area contributed by atoms with Crippen molar-refractivity contribution in [1.29, 1.82) is 0 Å². The molecule has 1 aromatic carbocycles. The Balaban J connectivity index is 1.92. The molecule has 1 aromatic rings. The molecular weight excluding hydrogens is 312 g/mol. The average molecular weight is 332 g/mol. The molecule has 0 spiro atoms. The van der Waals surface area contributed by atoms with Crippen LogP contribution in [0.15, 0.2) is 23.1 Å². The van der Waals surface area contributed by atoms with Crippen molar-refractivity contribution < 1.29 is 9.59 Å². The lowest BCUT2D eigenvalue weighted by molar-refractivity contribution is -0.115. The van der Waals surface area contributed by atoms with Gasteiger partial charge in [-0.05, 0) is 56.6 Å². The van der Waals surface area contributed by atoms with E-state index >= 15 is 0 Å². The zero-order valence-corrected chi connectivity index (χ0v) is 14.0. The number of benzene rings is 1. The summed E-state index contributed by atoms with van der Waals surface area (Å²) >= 11 is 0.925. The second-order valence-electron chi connectivity index (χ2n) is 6.02. The number of nitrogen functional groups attached to an aromatic ring is 1. The predicted octanol–water partition coefficient (Wildman–Crippen LogP) is 1.73. The summed E-state index contributed by atoms with van der Waals surface area (Å²) in [5, 5.41) is 1.95. The van der Waals surface area contributed by atoms with Gasteiger partial charge >= 0.3 is 0 Å². The van der Waals surface area contributed by atoms with Crippen molar-refractivity contribution in [3.63, 3.8) is 0 Å². The quantitative estimate of drug-likeness (QED) is 0.648. The van der Waals surface area contributed by atoms with Crippen molar-refractivity contribution in [2.75, 3.05) is 37.8 Å². The molecule has 23 heavy (non-hydrogen) atoms. The monoisotopic (exact) mass is 332 g/mol. The number of carbonyl (C=O) groups is 2. The van der Waals surface area contributed by atoms with Crippen LogP contribution < -0.4 is 16.0 Å². The number of imide groups is 1. The van der Waals surface area contributed by atoms with E-state index in [-0.39, 0.29) is 11.1 Å². The largest absolute Gasteiger partial charge is 0.399 e. The van der Waals surface area contributed by atoms with Crippen molar-refractivity contribution in [2.45, 2.75) is 12.5 Å². The number of nitrogens with zero attached hydrogens (tertiary/aromatic N) is 2. The van der Waals surface area contributed by atoms with E-state index in [1.807, 2.05) is 18.2 Å². The summed E-state index contributed by atoms with van der Waals surface area (Å²) in [5.41, 5.74) is 8.46. The molecule has 2 heterocycles. The van der Waals surface area contributed by atoms with Crippen LogP contribution in [0.25, 0.3) is 6.08 Å². The highest BCUT2D eigenvalue weighted by Gasteiger charge is 2.28. The highest BCUT2D eigenvalue weighted by Crippen LogP contribution is 2.32. The van der Waals surface area contributed by atoms with Crippen molar-refractivity contribution >= 4 is 40.4 Å². The van der Waals surface area contributed by atoms with Crippen LogP contribution >= 0.6 is 11.8 Å². The van der Waals surface area contributed by atoms with Crippen molar-refractivity contribution in [1.82, 2.24) is 10.2 Å².